The molecule has 8 heteroatoms. The van der Waals surface area contributed by atoms with E-state index in [2.05, 4.69) is 15.9 Å². The van der Waals surface area contributed by atoms with Crippen molar-refractivity contribution >= 4 is 26.0 Å². The fourth-order valence-electron chi connectivity index (χ4n) is 2.22. The van der Waals surface area contributed by atoms with Crippen molar-refractivity contribution in [1.29, 1.82) is 0 Å². The molecular weight excluding hydrogens is 359 g/mol. The number of hydrogen-bond donors (Lipinski definition) is 0. The van der Waals surface area contributed by atoms with Crippen LogP contribution in [0, 0.1) is 5.92 Å². The summed E-state index contributed by atoms with van der Waals surface area (Å²) in [5, 5.41) is 0. The SMILES string of the molecule is O=S(=O)(c1ccccc1Br)N1CCC(C(F)(F)F)CC1. The summed E-state index contributed by atoms with van der Waals surface area (Å²) in [4.78, 5) is 0.0884. The third-order valence-corrected chi connectivity index (χ3v) is 6.28. The number of alkyl halides is 3. The van der Waals surface area contributed by atoms with Gasteiger partial charge in [-0.3, -0.25) is 0 Å². The molecule has 1 aliphatic heterocycles. The average Bonchev–Trinajstić information content (AvgIpc) is 2.38. The molecule has 0 aromatic heterocycles. The molecule has 2 rings (SSSR count). The predicted octanol–water partition coefficient (Wildman–Crippen LogP) is 3.41. The van der Waals surface area contributed by atoms with Crippen molar-refractivity contribution in [1.82, 2.24) is 4.31 Å². The lowest BCUT2D eigenvalue weighted by Crippen LogP contribution is -2.42. The molecule has 0 saturated carbocycles. The smallest absolute Gasteiger partial charge is 0.207 e. The Morgan fingerprint density at radius 3 is 2.20 bits per heavy atom. The van der Waals surface area contributed by atoms with Crippen LogP contribution >= 0.6 is 15.9 Å². The monoisotopic (exact) mass is 371 g/mol. The van der Waals surface area contributed by atoms with E-state index in [1.54, 1.807) is 18.2 Å². The van der Waals surface area contributed by atoms with Crippen molar-refractivity contribution < 1.29 is 21.6 Å². The highest BCUT2D eigenvalue weighted by Crippen LogP contribution is 2.36. The number of hydrogen-bond acceptors (Lipinski definition) is 2. The van der Waals surface area contributed by atoms with Gasteiger partial charge in [0.25, 0.3) is 0 Å². The van der Waals surface area contributed by atoms with Gasteiger partial charge in [-0.25, -0.2) is 8.42 Å². The standard InChI is InChI=1S/C12H13BrF3NO2S/c13-10-3-1-2-4-11(10)20(18,19)17-7-5-9(6-8-17)12(14,15)16/h1-4,9H,5-8H2. The fourth-order valence-corrected chi connectivity index (χ4v) is 4.65. The number of sulfonamides is 1. The molecule has 0 N–H and O–H groups in total. The van der Waals surface area contributed by atoms with Gasteiger partial charge in [-0.2, -0.15) is 17.5 Å². The Bertz CT molecular complexity index is 581. The van der Waals surface area contributed by atoms with Crippen LogP contribution in [0.1, 0.15) is 12.8 Å². The van der Waals surface area contributed by atoms with Gasteiger partial charge in [0.15, 0.2) is 0 Å². The zero-order valence-corrected chi connectivity index (χ0v) is 12.8. The zero-order valence-electron chi connectivity index (χ0n) is 10.4. The van der Waals surface area contributed by atoms with Crippen LogP contribution in [0.15, 0.2) is 33.6 Å². The van der Waals surface area contributed by atoms with Crippen molar-refractivity contribution in [2.75, 3.05) is 13.1 Å². The summed E-state index contributed by atoms with van der Waals surface area (Å²) in [5.41, 5.74) is 0. The van der Waals surface area contributed by atoms with E-state index in [1.807, 2.05) is 0 Å². The van der Waals surface area contributed by atoms with E-state index in [1.165, 1.54) is 6.07 Å². The van der Waals surface area contributed by atoms with Crippen molar-refractivity contribution in [3.63, 3.8) is 0 Å². The number of rotatable bonds is 2. The number of piperidine rings is 1. The summed E-state index contributed by atoms with van der Waals surface area (Å²) in [6, 6.07) is 6.30. The molecule has 3 nitrogen and oxygen atoms in total. The van der Waals surface area contributed by atoms with Gasteiger partial charge < -0.3 is 0 Å². The highest BCUT2D eigenvalue weighted by molar-refractivity contribution is 9.10. The highest BCUT2D eigenvalue weighted by atomic mass is 79.9. The molecule has 0 unspecified atom stereocenters. The Hall–Kier alpha value is -0.600. The molecule has 0 aliphatic carbocycles. The molecule has 1 aromatic rings. The summed E-state index contributed by atoms with van der Waals surface area (Å²) < 4.78 is 64.0. The van der Waals surface area contributed by atoms with Gasteiger partial charge in [0.1, 0.15) is 0 Å². The van der Waals surface area contributed by atoms with Gasteiger partial charge in [-0.1, -0.05) is 12.1 Å². The summed E-state index contributed by atoms with van der Waals surface area (Å²) in [6.45, 7) is -0.207. The van der Waals surface area contributed by atoms with E-state index in [4.69, 9.17) is 0 Å². The highest BCUT2D eigenvalue weighted by Gasteiger charge is 2.43. The van der Waals surface area contributed by atoms with E-state index in [0.717, 1.165) is 4.31 Å². The van der Waals surface area contributed by atoms with Crippen LogP contribution in [0.2, 0.25) is 0 Å². The van der Waals surface area contributed by atoms with Crippen LogP contribution < -0.4 is 0 Å². The summed E-state index contributed by atoms with van der Waals surface area (Å²) in [7, 11) is -3.74. The molecule has 1 fully saturated rings. The maximum absolute atomic E-state index is 12.6. The van der Waals surface area contributed by atoms with Crippen LogP contribution in [0.25, 0.3) is 0 Å². The quantitative estimate of drug-likeness (QED) is 0.798. The second-order valence-electron chi connectivity index (χ2n) is 4.65. The molecule has 1 aromatic carbocycles. The lowest BCUT2D eigenvalue weighted by molar-refractivity contribution is -0.182. The first-order valence-corrected chi connectivity index (χ1v) is 8.27. The van der Waals surface area contributed by atoms with E-state index in [9.17, 15) is 21.6 Å². The van der Waals surface area contributed by atoms with Crippen LogP contribution in [0.3, 0.4) is 0 Å². The fraction of sp³-hybridized carbons (Fsp3) is 0.500. The first-order chi connectivity index (χ1) is 9.23. The molecule has 1 aliphatic rings. The third-order valence-electron chi connectivity index (χ3n) is 3.37. The molecular formula is C12H13BrF3NO2S. The molecule has 0 amide bonds. The lowest BCUT2D eigenvalue weighted by Gasteiger charge is -2.32. The maximum atomic E-state index is 12.6. The van der Waals surface area contributed by atoms with Gasteiger partial charge in [-0.15, -0.1) is 0 Å². The number of benzene rings is 1. The maximum Gasteiger partial charge on any atom is 0.391 e. The summed E-state index contributed by atoms with van der Waals surface area (Å²) in [5.74, 6) is -1.41. The summed E-state index contributed by atoms with van der Waals surface area (Å²) >= 11 is 3.16. The number of halogens is 4. The van der Waals surface area contributed by atoms with E-state index in [0.29, 0.717) is 4.47 Å². The van der Waals surface area contributed by atoms with Gasteiger partial charge in [0, 0.05) is 17.6 Å². The first-order valence-electron chi connectivity index (χ1n) is 6.04. The normalized spacial score (nSPS) is 19.2. The Morgan fingerprint density at radius 2 is 1.70 bits per heavy atom. The van der Waals surface area contributed by atoms with Crippen molar-refractivity contribution in [2.45, 2.75) is 23.9 Å². The largest absolute Gasteiger partial charge is 0.391 e. The number of nitrogens with zero attached hydrogens (tertiary/aromatic N) is 1. The van der Waals surface area contributed by atoms with Gasteiger partial charge in [-0.05, 0) is 40.9 Å². The second kappa shape index (κ2) is 5.65. The zero-order chi connectivity index (χ0) is 15.0. The Kier molecular flexibility index (Phi) is 4.46. The van der Waals surface area contributed by atoms with Crippen LogP contribution in [-0.4, -0.2) is 32.0 Å². The van der Waals surface area contributed by atoms with Crippen LogP contribution in [-0.2, 0) is 10.0 Å². The van der Waals surface area contributed by atoms with Crippen LogP contribution in [0.4, 0.5) is 13.2 Å². The van der Waals surface area contributed by atoms with Gasteiger partial charge >= 0.3 is 6.18 Å². The molecule has 1 saturated heterocycles. The molecule has 0 atom stereocenters. The minimum atomic E-state index is -4.25. The molecule has 0 radical (unpaired) electrons. The van der Waals surface area contributed by atoms with E-state index < -0.39 is 22.1 Å². The molecule has 112 valence electrons. The van der Waals surface area contributed by atoms with Crippen molar-refractivity contribution in [2.24, 2.45) is 5.92 Å². The van der Waals surface area contributed by atoms with E-state index >= 15 is 0 Å². The Labute approximate surface area is 123 Å². The predicted molar refractivity (Wildman–Crippen MR) is 71.7 cm³/mol. The minimum absolute atomic E-state index is 0.0884. The van der Waals surface area contributed by atoms with Crippen molar-refractivity contribution in [3.05, 3.63) is 28.7 Å². The first kappa shape index (κ1) is 15.8. The molecule has 0 spiro atoms. The average molecular weight is 372 g/mol. The van der Waals surface area contributed by atoms with Crippen LogP contribution in [0.5, 0.6) is 0 Å². The topological polar surface area (TPSA) is 37.4 Å². The third kappa shape index (κ3) is 3.17. The van der Waals surface area contributed by atoms with Gasteiger partial charge in [0.05, 0.1) is 10.8 Å². The molecule has 1 heterocycles. The minimum Gasteiger partial charge on any atom is -0.207 e. The van der Waals surface area contributed by atoms with E-state index in [-0.39, 0.29) is 30.8 Å². The summed E-state index contributed by atoms with van der Waals surface area (Å²) in [6.07, 6.45) is -4.62. The second-order valence-corrected chi connectivity index (χ2v) is 7.41. The lowest BCUT2D eigenvalue weighted by atomic mass is 9.98. The van der Waals surface area contributed by atoms with Crippen molar-refractivity contribution in [3.8, 4) is 0 Å². The Balaban J connectivity index is 2.16. The van der Waals surface area contributed by atoms with Gasteiger partial charge in [0.2, 0.25) is 10.0 Å². The molecule has 0 bridgehead atoms. The Morgan fingerprint density at radius 1 is 1.15 bits per heavy atom. The molecule has 20 heavy (non-hydrogen) atoms.